The van der Waals surface area contributed by atoms with Crippen LogP contribution in [0.25, 0.3) is 0 Å². The van der Waals surface area contributed by atoms with E-state index in [0.717, 1.165) is 0 Å². The Labute approximate surface area is 208 Å². The van der Waals surface area contributed by atoms with Crippen LogP contribution >= 0.6 is 11.6 Å². The first kappa shape index (κ1) is 25.9. The van der Waals surface area contributed by atoms with Crippen molar-refractivity contribution in [3.63, 3.8) is 0 Å². The second kappa shape index (κ2) is 12.6. The van der Waals surface area contributed by atoms with Gasteiger partial charge in [-0.15, -0.1) is 0 Å². The zero-order valence-electron chi connectivity index (χ0n) is 18.9. The maximum absolute atomic E-state index is 12.9. The van der Waals surface area contributed by atoms with Gasteiger partial charge in [-0.25, -0.2) is 9.59 Å². The number of rotatable bonds is 8. The number of dihydropyridines is 1. The fraction of sp³-hybridized carbons (Fsp3) is 0.400. The van der Waals surface area contributed by atoms with Gasteiger partial charge in [0, 0.05) is 17.3 Å². The monoisotopic (exact) mass is 450 g/mol. The molecule has 0 amide bonds. The molecule has 1 aromatic carbocycles. The minimum absolute atomic E-state index is 0. The van der Waals surface area contributed by atoms with Gasteiger partial charge in [-0.05, 0) is 25.5 Å². The molecule has 0 unspecified atom stereocenters. The first-order chi connectivity index (χ1) is 13.5. The Balaban J connectivity index is 0. The van der Waals surface area contributed by atoms with E-state index < -0.39 is 17.9 Å². The Morgan fingerprint density at radius 1 is 1.24 bits per heavy atom. The number of hydrogen-bond acceptors (Lipinski definition) is 7. The Morgan fingerprint density at radius 2 is 1.93 bits per heavy atom. The van der Waals surface area contributed by atoms with Crippen molar-refractivity contribution in [2.75, 3.05) is 33.5 Å². The number of halogens is 1. The first-order valence-electron chi connectivity index (χ1n) is 8.94. The van der Waals surface area contributed by atoms with Crippen molar-refractivity contribution in [2.45, 2.75) is 19.8 Å². The van der Waals surface area contributed by atoms with Crippen LogP contribution < -0.4 is 11.1 Å². The van der Waals surface area contributed by atoms with Crippen molar-refractivity contribution >= 4 is 61.3 Å². The molecule has 3 N–H and O–H groups in total. The van der Waals surface area contributed by atoms with Gasteiger partial charge in [0.15, 0.2) is 0 Å². The number of hydrogen-bond donors (Lipinski definition) is 2. The summed E-state index contributed by atoms with van der Waals surface area (Å²) in [7, 11) is 1.29. The molecule has 0 saturated heterocycles. The Bertz CT molecular complexity index is 821. The molecule has 0 radical (unpaired) electrons. The predicted octanol–water partition coefficient (Wildman–Crippen LogP) is 2.11. The molecule has 29 heavy (non-hydrogen) atoms. The van der Waals surface area contributed by atoms with Crippen molar-refractivity contribution in [3.8, 4) is 0 Å². The zero-order valence-corrected chi connectivity index (χ0v) is 19.9. The van der Waals surface area contributed by atoms with Crippen LogP contribution in [-0.4, -0.2) is 83.2 Å². The SMILES string of the molecule is CCOC(=O)C1=C(COCCN)NC(C)=C(C(=O)OC)[C@@H]1c1ccccc1Cl.[Ca+2].[H-].[H-]. The van der Waals surface area contributed by atoms with E-state index in [9.17, 15) is 9.59 Å². The van der Waals surface area contributed by atoms with Crippen LogP contribution in [0.5, 0.6) is 0 Å². The molecule has 0 spiro atoms. The number of ether oxygens (including phenoxy) is 3. The van der Waals surface area contributed by atoms with Gasteiger partial charge >= 0.3 is 49.7 Å². The molecule has 0 aliphatic carbocycles. The molecule has 1 aliphatic heterocycles. The maximum Gasteiger partial charge on any atom is 2.00 e. The van der Waals surface area contributed by atoms with E-state index in [1.807, 2.05) is 0 Å². The van der Waals surface area contributed by atoms with Gasteiger partial charge in [-0.3, -0.25) is 0 Å². The summed E-state index contributed by atoms with van der Waals surface area (Å²) < 4.78 is 15.8. The van der Waals surface area contributed by atoms with Gasteiger partial charge in [0.2, 0.25) is 0 Å². The van der Waals surface area contributed by atoms with Crippen molar-refractivity contribution in [1.82, 2.24) is 5.32 Å². The Kier molecular flexibility index (Phi) is 11.2. The minimum atomic E-state index is -0.752. The maximum atomic E-state index is 12.9. The number of methoxy groups -OCH3 is 1. The van der Waals surface area contributed by atoms with Gasteiger partial charge in [0.25, 0.3) is 0 Å². The van der Waals surface area contributed by atoms with E-state index in [0.29, 0.717) is 40.7 Å². The van der Waals surface area contributed by atoms with Gasteiger partial charge in [-0.2, -0.15) is 0 Å². The molecule has 1 aromatic rings. The summed E-state index contributed by atoms with van der Waals surface area (Å²) in [4.78, 5) is 25.5. The molecular formula is C20H27CaClN2O5. The largest absolute Gasteiger partial charge is 2.00 e. The van der Waals surface area contributed by atoms with E-state index >= 15 is 0 Å². The third-order valence-electron chi connectivity index (χ3n) is 4.27. The summed E-state index contributed by atoms with van der Waals surface area (Å²) in [6.07, 6.45) is 0. The van der Waals surface area contributed by atoms with Crippen LogP contribution in [0, 0.1) is 0 Å². The van der Waals surface area contributed by atoms with Gasteiger partial charge in [0.1, 0.15) is 0 Å². The molecule has 0 fully saturated rings. The van der Waals surface area contributed by atoms with Crippen LogP contribution in [0.4, 0.5) is 0 Å². The van der Waals surface area contributed by atoms with Crippen LogP contribution in [0.15, 0.2) is 46.8 Å². The average molecular weight is 451 g/mol. The number of carbonyl (C=O) groups is 2. The average Bonchev–Trinajstić information content (AvgIpc) is 2.67. The molecule has 0 aromatic heterocycles. The summed E-state index contributed by atoms with van der Waals surface area (Å²) in [5, 5.41) is 3.52. The van der Waals surface area contributed by atoms with Crippen molar-refractivity contribution < 1.29 is 26.7 Å². The number of esters is 2. The topological polar surface area (TPSA) is 99.9 Å². The van der Waals surface area contributed by atoms with E-state index in [1.165, 1.54) is 7.11 Å². The number of benzene rings is 1. The molecule has 9 heteroatoms. The number of allylic oxidation sites excluding steroid dienone is 1. The fourth-order valence-corrected chi connectivity index (χ4v) is 3.36. The molecule has 0 bridgehead atoms. The second-order valence-electron chi connectivity index (χ2n) is 6.06. The molecule has 1 atom stereocenters. The van der Waals surface area contributed by atoms with Gasteiger partial charge in [-0.1, -0.05) is 29.8 Å². The summed E-state index contributed by atoms with van der Waals surface area (Å²) >= 11 is 6.42. The molecule has 1 aliphatic rings. The fourth-order valence-electron chi connectivity index (χ4n) is 3.12. The summed E-state index contributed by atoms with van der Waals surface area (Å²) in [6.45, 7) is 4.42. The summed E-state index contributed by atoms with van der Waals surface area (Å²) in [6, 6.07) is 7.05. The smallest absolute Gasteiger partial charge is 1.00 e. The normalized spacial score (nSPS) is 16.1. The minimum Gasteiger partial charge on any atom is -1.00 e. The number of carbonyl (C=O) groups excluding carboxylic acids is 2. The van der Waals surface area contributed by atoms with Crippen molar-refractivity contribution in [1.29, 1.82) is 0 Å². The van der Waals surface area contributed by atoms with Crippen LogP contribution in [0.2, 0.25) is 5.02 Å². The third-order valence-corrected chi connectivity index (χ3v) is 4.61. The third kappa shape index (κ3) is 6.20. The quantitative estimate of drug-likeness (QED) is 0.355. The second-order valence-corrected chi connectivity index (χ2v) is 6.47. The van der Waals surface area contributed by atoms with Crippen LogP contribution in [-0.2, 0) is 23.8 Å². The predicted molar refractivity (Wildman–Crippen MR) is 114 cm³/mol. The van der Waals surface area contributed by atoms with Crippen molar-refractivity contribution in [3.05, 3.63) is 57.4 Å². The number of nitrogens with two attached hydrogens (primary N) is 1. The van der Waals surface area contributed by atoms with E-state index in [1.54, 1.807) is 38.1 Å². The molecule has 156 valence electrons. The number of nitrogens with one attached hydrogen (secondary N) is 1. The summed E-state index contributed by atoms with van der Waals surface area (Å²) in [5.74, 6) is -1.86. The molecule has 2 rings (SSSR count). The van der Waals surface area contributed by atoms with E-state index in [2.05, 4.69) is 5.32 Å². The Hall–Kier alpha value is -1.09. The standard InChI is InChI=1S/C20H25ClN2O5.Ca.2H/c1-4-28-20(25)18-15(11-27-10-9-22)23-12(2)16(19(24)26-3)17(18)13-7-5-6-8-14(13)21;;;/h5-8,17,23H,4,9-11,22H2,1-3H3;;;/q;+2;2*-1/t17-;;;/m0.../s1. The van der Waals surface area contributed by atoms with Crippen LogP contribution in [0.1, 0.15) is 28.2 Å². The molecular weight excluding hydrogens is 424 g/mol. The van der Waals surface area contributed by atoms with Crippen LogP contribution in [0.3, 0.4) is 0 Å². The van der Waals surface area contributed by atoms with Gasteiger partial charge < -0.3 is 28.1 Å². The Morgan fingerprint density at radius 3 is 2.52 bits per heavy atom. The zero-order chi connectivity index (χ0) is 20.7. The summed E-state index contributed by atoms with van der Waals surface area (Å²) in [5.41, 5.74) is 7.70. The van der Waals surface area contributed by atoms with Crippen molar-refractivity contribution in [2.24, 2.45) is 5.73 Å². The van der Waals surface area contributed by atoms with Gasteiger partial charge in [0.05, 0.1) is 49.7 Å². The van der Waals surface area contributed by atoms with E-state index in [-0.39, 0.29) is 59.4 Å². The molecule has 0 saturated carbocycles. The molecule has 1 heterocycles. The molecule has 7 nitrogen and oxygen atoms in total. The first-order valence-corrected chi connectivity index (χ1v) is 9.32. The van der Waals surface area contributed by atoms with E-state index in [4.69, 9.17) is 31.5 Å².